The van der Waals surface area contributed by atoms with E-state index in [4.69, 9.17) is 17.0 Å². The molecular weight excluding hydrogens is 346 g/mol. The number of hydrogen-bond acceptors (Lipinski definition) is 7. The minimum absolute atomic E-state index is 0.0685. The van der Waals surface area contributed by atoms with Crippen molar-refractivity contribution < 1.29 is 14.6 Å². The van der Waals surface area contributed by atoms with Gasteiger partial charge in [-0.1, -0.05) is 6.58 Å². The predicted octanol–water partition coefficient (Wildman–Crippen LogP) is 2.09. The Morgan fingerprint density at radius 1 is 1.46 bits per heavy atom. The molecule has 6 nitrogen and oxygen atoms in total. The summed E-state index contributed by atoms with van der Waals surface area (Å²) in [4.78, 5) is 16.1. The molecule has 0 amide bonds. The van der Waals surface area contributed by atoms with Gasteiger partial charge in [0.05, 0.1) is 11.4 Å². The molecule has 1 aliphatic rings. The Bertz CT molecular complexity index is 709. The van der Waals surface area contributed by atoms with Gasteiger partial charge >= 0.3 is 5.97 Å². The van der Waals surface area contributed by atoms with Crippen LogP contribution in [0, 0.1) is 3.95 Å². The van der Waals surface area contributed by atoms with E-state index in [1.165, 1.54) is 11.3 Å². The molecule has 0 bridgehead atoms. The molecule has 0 radical (unpaired) electrons. The van der Waals surface area contributed by atoms with Crippen molar-refractivity contribution in [2.24, 2.45) is 0 Å². The maximum Gasteiger partial charge on any atom is 0.330 e. The summed E-state index contributed by atoms with van der Waals surface area (Å²) >= 11 is 6.54. The van der Waals surface area contributed by atoms with Crippen LogP contribution in [0.2, 0.25) is 0 Å². The lowest BCUT2D eigenvalue weighted by molar-refractivity contribution is -0.138. The molecule has 0 aliphatic carbocycles. The Labute approximate surface area is 150 Å². The number of carbonyl (C=O) groups excluding carboxylic acids is 1. The molecule has 0 aromatic carbocycles. The number of esters is 1. The molecular formula is C16H21N3O3S2. The summed E-state index contributed by atoms with van der Waals surface area (Å²) < 4.78 is 6.97. The molecule has 0 saturated carbocycles. The second-order valence-electron chi connectivity index (χ2n) is 5.36. The van der Waals surface area contributed by atoms with E-state index in [2.05, 4.69) is 29.2 Å². The Morgan fingerprint density at radius 3 is 2.83 bits per heavy atom. The summed E-state index contributed by atoms with van der Waals surface area (Å²) in [6.07, 6.45) is 4.73. The van der Waals surface area contributed by atoms with Crippen molar-refractivity contribution in [3.05, 3.63) is 33.4 Å². The number of likely N-dealkylation sites (N-methyl/N-ethyl adjacent to an activating group) is 1. The van der Waals surface area contributed by atoms with E-state index in [-0.39, 0.29) is 12.5 Å². The third kappa shape index (κ3) is 5.07. The van der Waals surface area contributed by atoms with E-state index < -0.39 is 5.97 Å². The van der Waals surface area contributed by atoms with Crippen molar-refractivity contribution in [3.63, 3.8) is 0 Å². The summed E-state index contributed by atoms with van der Waals surface area (Å²) in [5, 5.41) is 10.2. The first-order chi connectivity index (χ1) is 11.5. The highest BCUT2D eigenvalue weighted by molar-refractivity contribution is 7.73. The lowest BCUT2D eigenvalue weighted by Crippen LogP contribution is -2.41. The normalized spacial score (nSPS) is 14.8. The zero-order chi connectivity index (χ0) is 17.5. The quantitative estimate of drug-likeness (QED) is 0.360. The van der Waals surface area contributed by atoms with E-state index in [9.17, 15) is 9.90 Å². The molecule has 1 aromatic rings. The number of thiazole rings is 1. The van der Waals surface area contributed by atoms with Gasteiger partial charge in [-0.05, 0) is 19.3 Å². The molecule has 0 spiro atoms. The van der Waals surface area contributed by atoms with Gasteiger partial charge < -0.3 is 19.6 Å². The summed E-state index contributed by atoms with van der Waals surface area (Å²) in [5.74, 6) is -0.426. The minimum Gasteiger partial charge on any atom is -0.493 e. The lowest BCUT2D eigenvalue weighted by Gasteiger charge is -2.30. The van der Waals surface area contributed by atoms with Gasteiger partial charge in [0, 0.05) is 44.5 Å². The number of carbonyl (C=O) groups is 1. The summed E-state index contributed by atoms with van der Waals surface area (Å²) in [6.45, 7) is 7.75. The monoisotopic (exact) mass is 367 g/mol. The molecule has 1 N–H and O–H groups in total. The summed E-state index contributed by atoms with van der Waals surface area (Å²) in [7, 11) is 2.11. The first-order valence-corrected chi connectivity index (χ1v) is 8.80. The van der Waals surface area contributed by atoms with E-state index >= 15 is 0 Å². The number of nitrogens with zero attached hydrogens (tertiary/aromatic N) is 3. The Hall–Kier alpha value is -1.86. The van der Waals surface area contributed by atoms with Gasteiger partial charge in [0.2, 0.25) is 5.88 Å². The highest BCUT2D eigenvalue weighted by Gasteiger charge is 2.11. The van der Waals surface area contributed by atoms with Crippen LogP contribution in [0.4, 0.5) is 0 Å². The zero-order valence-electron chi connectivity index (χ0n) is 13.6. The van der Waals surface area contributed by atoms with Crippen LogP contribution in [0.5, 0.6) is 5.88 Å². The average Bonchev–Trinajstić information content (AvgIpc) is 2.84. The molecule has 2 rings (SSSR count). The Balaban J connectivity index is 2.00. The van der Waals surface area contributed by atoms with Crippen molar-refractivity contribution in [2.75, 3.05) is 39.8 Å². The van der Waals surface area contributed by atoms with E-state index in [0.29, 0.717) is 15.4 Å². The highest BCUT2D eigenvalue weighted by atomic mass is 32.1. The summed E-state index contributed by atoms with van der Waals surface area (Å²) in [6, 6.07) is 0. The molecule has 1 fully saturated rings. The number of piperazine rings is 1. The van der Waals surface area contributed by atoms with Crippen molar-refractivity contribution in [3.8, 4) is 5.88 Å². The first kappa shape index (κ1) is 18.5. The van der Waals surface area contributed by atoms with Crippen LogP contribution in [-0.4, -0.2) is 65.3 Å². The second-order valence-corrected chi connectivity index (χ2v) is 7.03. The zero-order valence-corrected chi connectivity index (χ0v) is 15.2. The molecule has 24 heavy (non-hydrogen) atoms. The van der Waals surface area contributed by atoms with Crippen LogP contribution >= 0.6 is 23.6 Å². The maximum atomic E-state index is 11.0. The van der Waals surface area contributed by atoms with E-state index in [1.54, 1.807) is 10.6 Å². The molecule has 0 unspecified atom stereocenters. The van der Waals surface area contributed by atoms with Gasteiger partial charge in [-0.15, -0.1) is 17.1 Å². The smallest absolute Gasteiger partial charge is 0.330 e. The Kier molecular flexibility index (Phi) is 6.81. The van der Waals surface area contributed by atoms with Gasteiger partial charge in [-0.3, -0.25) is 4.57 Å². The van der Waals surface area contributed by atoms with Gasteiger partial charge in [0.15, 0.2) is 3.95 Å². The average molecular weight is 367 g/mol. The van der Waals surface area contributed by atoms with Crippen molar-refractivity contribution in [1.82, 2.24) is 14.4 Å². The molecule has 130 valence electrons. The molecule has 1 saturated heterocycles. The van der Waals surface area contributed by atoms with Crippen molar-refractivity contribution in [1.29, 1.82) is 0 Å². The van der Waals surface area contributed by atoms with Crippen LogP contribution in [0.3, 0.4) is 0 Å². The van der Waals surface area contributed by atoms with Crippen LogP contribution < -0.4 is 0 Å². The fourth-order valence-electron chi connectivity index (χ4n) is 2.17. The minimum atomic E-state index is -0.494. The number of aromatic hydroxyl groups is 1. The SMILES string of the molecule is C=CC(=O)OCCn1c(O)c(C=C=CN2CCN(C)CC2)sc1=S. The van der Waals surface area contributed by atoms with Crippen LogP contribution in [-0.2, 0) is 16.1 Å². The van der Waals surface area contributed by atoms with Gasteiger partial charge in [0.1, 0.15) is 6.61 Å². The fourth-order valence-corrected chi connectivity index (χ4v) is 3.42. The number of hydrogen-bond donors (Lipinski definition) is 1. The standard InChI is InChI=1S/C16H21N3O3S2/c1-3-14(20)22-12-11-19-15(21)13(24-16(19)23)5-4-6-18-9-7-17(2)8-10-18/h3,5-6,21H,1,7-12H2,2H3. The van der Waals surface area contributed by atoms with Crippen LogP contribution in [0.15, 0.2) is 24.6 Å². The molecule has 2 heterocycles. The van der Waals surface area contributed by atoms with Crippen LogP contribution in [0.25, 0.3) is 6.08 Å². The highest BCUT2D eigenvalue weighted by Crippen LogP contribution is 2.26. The third-order valence-corrected chi connectivity index (χ3v) is 5.01. The largest absolute Gasteiger partial charge is 0.493 e. The number of aromatic nitrogens is 1. The fraction of sp³-hybridized carbons (Fsp3) is 0.438. The molecule has 1 aliphatic heterocycles. The third-order valence-electron chi connectivity index (χ3n) is 3.63. The number of rotatable bonds is 6. The topological polar surface area (TPSA) is 57.9 Å². The Morgan fingerprint density at radius 2 is 2.17 bits per heavy atom. The maximum absolute atomic E-state index is 11.0. The number of ether oxygens (including phenoxy) is 1. The molecule has 8 heteroatoms. The first-order valence-electron chi connectivity index (χ1n) is 7.58. The summed E-state index contributed by atoms with van der Waals surface area (Å²) in [5.41, 5.74) is 3.10. The molecule has 0 atom stereocenters. The molecule has 1 aromatic heterocycles. The van der Waals surface area contributed by atoms with Gasteiger partial charge in [-0.25, -0.2) is 4.79 Å². The second kappa shape index (κ2) is 8.84. The van der Waals surface area contributed by atoms with Crippen LogP contribution in [0.1, 0.15) is 4.88 Å². The van der Waals surface area contributed by atoms with E-state index in [1.807, 2.05) is 6.20 Å². The van der Waals surface area contributed by atoms with Crippen molar-refractivity contribution in [2.45, 2.75) is 6.54 Å². The lowest BCUT2D eigenvalue weighted by atomic mass is 10.3. The van der Waals surface area contributed by atoms with E-state index in [0.717, 1.165) is 32.3 Å². The van der Waals surface area contributed by atoms with Gasteiger partial charge in [0.25, 0.3) is 0 Å². The van der Waals surface area contributed by atoms with Gasteiger partial charge in [-0.2, -0.15) is 0 Å². The predicted molar refractivity (Wildman–Crippen MR) is 97.6 cm³/mol. The van der Waals surface area contributed by atoms with Crippen molar-refractivity contribution >= 4 is 35.6 Å².